The first kappa shape index (κ1) is 13.0. The standard InChI is InChI=1S/C12H18N6O2/c19-10-8-17(7-6-13-10)11(20)12(4-2-1-3-5-12)18-9-14-15-16-18/h9H,1-8H2,(H,13,19). The number of aromatic nitrogens is 4. The largest absolute Gasteiger partial charge is 0.353 e. The molecule has 1 N–H and O–H groups in total. The van der Waals surface area contributed by atoms with Gasteiger partial charge in [-0.3, -0.25) is 9.59 Å². The van der Waals surface area contributed by atoms with Gasteiger partial charge < -0.3 is 10.2 Å². The minimum absolute atomic E-state index is 0.0284. The van der Waals surface area contributed by atoms with Crippen LogP contribution in [0.1, 0.15) is 32.1 Å². The Labute approximate surface area is 116 Å². The summed E-state index contributed by atoms with van der Waals surface area (Å²) in [7, 11) is 0. The van der Waals surface area contributed by atoms with Gasteiger partial charge in [0, 0.05) is 13.1 Å². The van der Waals surface area contributed by atoms with Crippen molar-refractivity contribution in [1.29, 1.82) is 0 Å². The molecule has 0 atom stereocenters. The van der Waals surface area contributed by atoms with Crippen LogP contribution in [0.5, 0.6) is 0 Å². The molecule has 2 heterocycles. The Balaban J connectivity index is 1.89. The molecule has 1 aromatic heterocycles. The first-order chi connectivity index (χ1) is 9.72. The SMILES string of the molecule is O=C1CN(C(=O)C2(n3cnnn3)CCCCC2)CCN1. The minimum atomic E-state index is -0.709. The molecule has 3 rings (SSSR count). The maximum Gasteiger partial charge on any atom is 0.251 e. The van der Waals surface area contributed by atoms with E-state index in [0.717, 1.165) is 32.1 Å². The van der Waals surface area contributed by atoms with E-state index in [0.29, 0.717) is 13.1 Å². The molecule has 0 aromatic carbocycles. The van der Waals surface area contributed by atoms with E-state index in [9.17, 15) is 9.59 Å². The van der Waals surface area contributed by atoms with Crippen molar-refractivity contribution in [3.63, 3.8) is 0 Å². The molecule has 1 aromatic rings. The van der Waals surface area contributed by atoms with Gasteiger partial charge in [-0.05, 0) is 23.3 Å². The zero-order valence-electron chi connectivity index (χ0n) is 11.3. The number of piperazine rings is 1. The average Bonchev–Trinajstić information content (AvgIpc) is 3.02. The minimum Gasteiger partial charge on any atom is -0.353 e. The van der Waals surface area contributed by atoms with Crippen LogP contribution in [0.4, 0.5) is 0 Å². The first-order valence-corrected chi connectivity index (χ1v) is 7.02. The molecule has 2 amide bonds. The summed E-state index contributed by atoms with van der Waals surface area (Å²) in [6.07, 6.45) is 6.05. The van der Waals surface area contributed by atoms with Crippen LogP contribution in [-0.2, 0) is 15.1 Å². The normalized spacial score (nSPS) is 22.4. The molecular weight excluding hydrogens is 260 g/mol. The Kier molecular flexibility index (Phi) is 3.37. The Morgan fingerprint density at radius 3 is 2.75 bits per heavy atom. The predicted molar refractivity (Wildman–Crippen MR) is 68.5 cm³/mol. The number of hydrogen-bond donors (Lipinski definition) is 1. The van der Waals surface area contributed by atoms with Crippen molar-refractivity contribution in [1.82, 2.24) is 30.4 Å². The summed E-state index contributed by atoms with van der Waals surface area (Å²) in [5.74, 6) is -0.133. The van der Waals surface area contributed by atoms with Crippen LogP contribution in [0.15, 0.2) is 6.33 Å². The molecule has 0 bridgehead atoms. The second-order valence-corrected chi connectivity index (χ2v) is 5.42. The molecule has 0 spiro atoms. The molecule has 2 fully saturated rings. The highest BCUT2D eigenvalue weighted by atomic mass is 16.2. The highest BCUT2D eigenvalue weighted by Gasteiger charge is 2.45. The van der Waals surface area contributed by atoms with Crippen LogP contribution >= 0.6 is 0 Å². The first-order valence-electron chi connectivity index (χ1n) is 7.02. The molecule has 0 radical (unpaired) electrons. The molecule has 0 unspecified atom stereocenters. The van der Waals surface area contributed by atoms with Gasteiger partial charge in [-0.2, -0.15) is 0 Å². The molecular formula is C12H18N6O2. The molecule has 108 valence electrons. The maximum absolute atomic E-state index is 12.9. The third kappa shape index (κ3) is 2.14. The number of carbonyl (C=O) groups excluding carboxylic acids is 2. The topological polar surface area (TPSA) is 93.0 Å². The van der Waals surface area contributed by atoms with Gasteiger partial charge >= 0.3 is 0 Å². The molecule has 1 saturated heterocycles. The van der Waals surface area contributed by atoms with Gasteiger partial charge in [-0.15, -0.1) is 5.10 Å². The van der Waals surface area contributed by atoms with E-state index in [1.807, 2.05) is 0 Å². The van der Waals surface area contributed by atoms with Crippen LogP contribution < -0.4 is 5.32 Å². The lowest BCUT2D eigenvalue weighted by Gasteiger charge is -2.40. The number of rotatable bonds is 2. The number of amides is 2. The number of carbonyl (C=O) groups is 2. The van der Waals surface area contributed by atoms with Gasteiger partial charge in [0.25, 0.3) is 5.91 Å². The number of nitrogens with one attached hydrogen (secondary N) is 1. The lowest BCUT2D eigenvalue weighted by Crippen LogP contribution is -2.58. The maximum atomic E-state index is 12.9. The quantitative estimate of drug-likeness (QED) is 0.771. The predicted octanol–water partition coefficient (Wildman–Crippen LogP) is -0.709. The Hall–Kier alpha value is -1.99. The lowest BCUT2D eigenvalue weighted by atomic mass is 9.80. The highest BCUT2D eigenvalue weighted by molar-refractivity contribution is 5.90. The lowest BCUT2D eigenvalue weighted by molar-refractivity contribution is -0.148. The van der Waals surface area contributed by atoms with E-state index in [1.54, 1.807) is 9.58 Å². The number of hydrogen-bond acceptors (Lipinski definition) is 5. The van der Waals surface area contributed by atoms with Crippen molar-refractivity contribution in [2.75, 3.05) is 19.6 Å². The summed E-state index contributed by atoms with van der Waals surface area (Å²) < 4.78 is 1.58. The third-order valence-corrected chi connectivity index (χ3v) is 4.19. The van der Waals surface area contributed by atoms with Gasteiger partial charge in [0.2, 0.25) is 5.91 Å². The second kappa shape index (κ2) is 5.18. The van der Waals surface area contributed by atoms with E-state index in [1.165, 1.54) is 6.33 Å². The summed E-state index contributed by atoms with van der Waals surface area (Å²) in [5, 5.41) is 14.0. The smallest absolute Gasteiger partial charge is 0.251 e. The van der Waals surface area contributed by atoms with E-state index in [-0.39, 0.29) is 18.4 Å². The van der Waals surface area contributed by atoms with E-state index < -0.39 is 5.54 Å². The molecule has 1 aliphatic heterocycles. The summed E-state index contributed by atoms with van der Waals surface area (Å²) in [5.41, 5.74) is -0.709. The van der Waals surface area contributed by atoms with Crippen molar-refractivity contribution in [3.05, 3.63) is 6.33 Å². The molecule has 1 aliphatic carbocycles. The van der Waals surface area contributed by atoms with Gasteiger partial charge in [-0.1, -0.05) is 19.3 Å². The van der Waals surface area contributed by atoms with Crippen molar-refractivity contribution in [2.45, 2.75) is 37.6 Å². The van der Waals surface area contributed by atoms with Crippen LogP contribution in [0.25, 0.3) is 0 Å². The van der Waals surface area contributed by atoms with Crippen LogP contribution in [0.2, 0.25) is 0 Å². The van der Waals surface area contributed by atoms with Crippen LogP contribution in [0.3, 0.4) is 0 Å². The monoisotopic (exact) mass is 278 g/mol. The van der Waals surface area contributed by atoms with Crippen molar-refractivity contribution < 1.29 is 9.59 Å². The Bertz CT molecular complexity index is 494. The molecule has 1 saturated carbocycles. The summed E-state index contributed by atoms with van der Waals surface area (Å²) >= 11 is 0. The Morgan fingerprint density at radius 1 is 1.30 bits per heavy atom. The zero-order chi connectivity index (χ0) is 14.0. The van der Waals surface area contributed by atoms with E-state index in [2.05, 4.69) is 20.8 Å². The average molecular weight is 278 g/mol. The van der Waals surface area contributed by atoms with Crippen molar-refractivity contribution in [2.24, 2.45) is 0 Å². The number of tetrazole rings is 1. The Morgan fingerprint density at radius 2 is 2.10 bits per heavy atom. The summed E-state index contributed by atoms with van der Waals surface area (Å²) in [4.78, 5) is 26.1. The van der Waals surface area contributed by atoms with Crippen molar-refractivity contribution >= 4 is 11.8 Å². The van der Waals surface area contributed by atoms with Crippen LogP contribution in [0, 0.1) is 0 Å². The van der Waals surface area contributed by atoms with Gasteiger partial charge in [0.1, 0.15) is 11.9 Å². The summed E-state index contributed by atoms with van der Waals surface area (Å²) in [6.45, 7) is 1.19. The third-order valence-electron chi connectivity index (χ3n) is 4.19. The number of nitrogens with zero attached hydrogens (tertiary/aromatic N) is 5. The van der Waals surface area contributed by atoms with Crippen LogP contribution in [-0.4, -0.2) is 56.6 Å². The fourth-order valence-corrected chi connectivity index (χ4v) is 3.14. The fraction of sp³-hybridized carbons (Fsp3) is 0.750. The van der Waals surface area contributed by atoms with Gasteiger partial charge in [0.15, 0.2) is 0 Å². The summed E-state index contributed by atoms with van der Waals surface area (Å²) in [6, 6.07) is 0. The van der Waals surface area contributed by atoms with Crippen molar-refractivity contribution in [3.8, 4) is 0 Å². The highest BCUT2D eigenvalue weighted by Crippen LogP contribution is 2.36. The van der Waals surface area contributed by atoms with E-state index in [4.69, 9.17) is 0 Å². The molecule has 8 nitrogen and oxygen atoms in total. The molecule has 2 aliphatic rings. The van der Waals surface area contributed by atoms with Gasteiger partial charge in [-0.25, -0.2) is 4.68 Å². The fourth-order valence-electron chi connectivity index (χ4n) is 3.14. The molecule has 8 heteroatoms. The molecule has 20 heavy (non-hydrogen) atoms. The zero-order valence-corrected chi connectivity index (χ0v) is 11.3. The van der Waals surface area contributed by atoms with E-state index >= 15 is 0 Å². The van der Waals surface area contributed by atoms with Gasteiger partial charge in [0.05, 0.1) is 6.54 Å². The second-order valence-electron chi connectivity index (χ2n) is 5.42.